The quantitative estimate of drug-likeness (QED) is 0.801. The number of carbonyl (C=O) groups is 1. The Balaban J connectivity index is 1.67. The molecule has 17 heavy (non-hydrogen) atoms. The lowest BCUT2D eigenvalue weighted by Gasteiger charge is -2.47. The maximum Gasteiger partial charge on any atom is 0.223 e. The van der Waals surface area contributed by atoms with Crippen LogP contribution in [0.15, 0.2) is 0 Å². The van der Waals surface area contributed by atoms with E-state index in [1.165, 1.54) is 19.3 Å². The number of amides is 1. The van der Waals surface area contributed by atoms with Crippen molar-refractivity contribution in [3.8, 4) is 0 Å². The van der Waals surface area contributed by atoms with Crippen molar-refractivity contribution in [3.05, 3.63) is 0 Å². The van der Waals surface area contributed by atoms with Crippen LogP contribution in [0, 0.1) is 0 Å². The van der Waals surface area contributed by atoms with E-state index in [4.69, 9.17) is 4.74 Å². The highest BCUT2D eigenvalue weighted by Gasteiger charge is 2.42. The number of rotatable bonds is 4. The molecule has 1 spiro atoms. The molecule has 2 rings (SSSR count). The second-order valence-corrected chi connectivity index (χ2v) is 5.57. The van der Waals surface area contributed by atoms with Crippen LogP contribution in [0.5, 0.6) is 0 Å². The standard InChI is InChI=1S/C13H24N2O2/c1-15(2)12(16)4-8-14-11-5-9-17-13(10-11)6-3-7-13/h11,14H,3-10H2,1-2H3. The summed E-state index contributed by atoms with van der Waals surface area (Å²) in [5.74, 6) is 0.197. The highest BCUT2D eigenvalue weighted by Crippen LogP contribution is 2.42. The molecule has 1 unspecified atom stereocenters. The highest BCUT2D eigenvalue weighted by molar-refractivity contribution is 5.75. The first-order valence-corrected chi connectivity index (χ1v) is 6.69. The molecule has 1 amide bonds. The average Bonchev–Trinajstić information content (AvgIpc) is 2.27. The van der Waals surface area contributed by atoms with Crippen molar-refractivity contribution >= 4 is 5.91 Å². The summed E-state index contributed by atoms with van der Waals surface area (Å²) in [6.45, 7) is 1.66. The monoisotopic (exact) mass is 240 g/mol. The second-order valence-electron chi connectivity index (χ2n) is 5.57. The van der Waals surface area contributed by atoms with E-state index in [2.05, 4.69) is 5.32 Å². The molecular weight excluding hydrogens is 216 g/mol. The van der Waals surface area contributed by atoms with Crippen molar-refractivity contribution in [2.45, 2.75) is 50.2 Å². The van der Waals surface area contributed by atoms with Gasteiger partial charge in [0.2, 0.25) is 5.91 Å². The van der Waals surface area contributed by atoms with Crippen molar-refractivity contribution in [3.63, 3.8) is 0 Å². The topological polar surface area (TPSA) is 41.6 Å². The Morgan fingerprint density at radius 3 is 2.82 bits per heavy atom. The summed E-state index contributed by atoms with van der Waals surface area (Å²) in [5, 5.41) is 3.50. The minimum atomic E-state index is 0.196. The molecule has 1 heterocycles. The smallest absolute Gasteiger partial charge is 0.223 e. The molecule has 0 radical (unpaired) electrons. The van der Waals surface area contributed by atoms with Crippen LogP contribution >= 0.6 is 0 Å². The van der Waals surface area contributed by atoms with E-state index in [0.717, 1.165) is 26.0 Å². The summed E-state index contributed by atoms with van der Waals surface area (Å²) in [6.07, 6.45) is 6.56. The van der Waals surface area contributed by atoms with Gasteiger partial charge >= 0.3 is 0 Å². The number of nitrogens with zero attached hydrogens (tertiary/aromatic N) is 1. The van der Waals surface area contributed by atoms with Crippen molar-refractivity contribution < 1.29 is 9.53 Å². The Bertz CT molecular complexity index is 275. The SMILES string of the molecule is CN(C)C(=O)CCNC1CCOC2(CCC2)C1. The Morgan fingerprint density at radius 2 is 2.24 bits per heavy atom. The third-order valence-electron chi connectivity index (χ3n) is 4.03. The van der Waals surface area contributed by atoms with Crippen LogP contribution < -0.4 is 5.32 Å². The van der Waals surface area contributed by atoms with E-state index in [0.29, 0.717) is 12.5 Å². The zero-order valence-corrected chi connectivity index (χ0v) is 11.0. The molecule has 0 aromatic rings. The van der Waals surface area contributed by atoms with E-state index >= 15 is 0 Å². The van der Waals surface area contributed by atoms with Crippen LogP contribution in [0.4, 0.5) is 0 Å². The molecule has 1 saturated carbocycles. The number of nitrogens with one attached hydrogen (secondary N) is 1. The predicted molar refractivity (Wildman–Crippen MR) is 66.9 cm³/mol. The highest BCUT2D eigenvalue weighted by atomic mass is 16.5. The maximum absolute atomic E-state index is 11.4. The van der Waals surface area contributed by atoms with E-state index < -0.39 is 0 Å². The number of hydrogen-bond donors (Lipinski definition) is 1. The molecule has 2 fully saturated rings. The molecule has 1 aliphatic carbocycles. The van der Waals surface area contributed by atoms with Crippen molar-refractivity contribution in [1.29, 1.82) is 0 Å². The fourth-order valence-corrected chi connectivity index (χ4v) is 2.73. The van der Waals surface area contributed by atoms with Crippen molar-refractivity contribution in [2.75, 3.05) is 27.2 Å². The van der Waals surface area contributed by atoms with Crippen molar-refractivity contribution in [2.24, 2.45) is 0 Å². The Kier molecular flexibility index (Phi) is 4.05. The summed E-state index contributed by atoms with van der Waals surface area (Å²) >= 11 is 0. The molecule has 1 atom stereocenters. The summed E-state index contributed by atoms with van der Waals surface area (Å²) in [5.41, 5.74) is 0.196. The van der Waals surface area contributed by atoms with Gasteiger partial charge in [-0.2, -0.15) is 0 Å². The molecule has 1 N–H and O–H groups in total. The van der Waals surface area contributed by atoms with Gasteiger partial charge in [0.15, 0.2) is 0 Å². The zero-order valence-electron chi connectivity index (χ0n) is 11.0. The van der Waals surface area contributed by atoms with Gasteiger partial charge in [-0.25, -0.2) is 0 Å². The molecule has 4 nitrogen and oxygen atoms in total. The largest absolute Gasteiger partial charge is 0.375 e. The lowest BCUT2D eigenvalue weighted by Crippen LogP contribution is -2.51. The first kappa shape index (κ1) is 12.8. The average molecular weight is 240 g/mol. The second kappa shape index (κ2) is 5.36. The van der Waals surface area contributed by atoms with Crippen molar-refractivity contribution in [1.82, 2.24) is 10.2 Å². The van der Waals surface area contributed by atoms with Gasteiger partial charge in [-0.3, -0.25) is 4.79 Å². The van der Waals surface area contributed by atoms with Crippen LogP contribution in [0.25, 0.3) is 0 Å². The van der Waals surface area contributed by atoms with Gasteiger partial charge < -0.3 is 15.0 Å². The molecule has 0 aromatic carbocycles. The fourth-order valence-electron chi connectivity index (χ4n) is 2.73. The predicted octanol–water partition coefficient (Wildman–Crippen LogP) is 1.16. The van der Waals surface area contributed by atoms with E-state index in [-0.39, 0.29) is 11.5 Å². The van der Waals surface area contributed by atoms with E-state index in [1.807, 2.05) is 0 Å². The molecule has 2 aliphatic rings. The third-order valence-corrected chi connectivity index (χ3v) is 4.03. The van der Waals surface area contributed by atoms with Crippen LogP contribution in [0.3, 0.4) is 0 Å². The number of carbonyl (C=O) groups excluding carboxylic acids is 1. The van der Waals surface area contributed by atoms with Crippen LogP contribution in [0.1, 0.15) is 38.5 Å². The first-order valence-electron chi connectivity index (χ1n) is 6.69. The minimum Gasteiger partial charge on any atom is -0.375 e. The van der Waals surface area contributed by atoms with Gasteiger partial charge in [-0.1, -0.05) is 0 Å². The van der Waals surface area contributed by atoms with E-state index in [1.54, 1.807) is 19.0 Å². The molecule has 1 saturated heterocycles. The van der Waals surface area contributed by atoms with Crippen LogP contribution in [0.2, 0.25) is 0 Å². The molecule has 4 heteroatoms. The molecule has 0 aromatic heterocycles. The number of hydrogen-bond acceptors (Lipinski definition) is 3. The lowest BCUT2D eigenvalue weighted by molar-refractivity contribution is -0.136. The third kappa shape index (κ3) is 3.19. The maximum atomic E-state index is 11.4. The molecular formula is C13H24N2O2. The summed E-state index contributed by atoms with van der Waals surface area (Å²) < 4.78 is 5.88. The summed E-state index contributed by atoms with van der Waals surface area (Å²) in [4.78, 5) is 13.1. The lowest BCUT2D eigenvalue weighted by atomic mass is 9.74. The van der Waals surface area contributed by atoms with Gasteiger partial charge in [0.25, 0.3) is 0 Å². The fraction of sp³-hybridized carbons (Fsp3) is 0.923. The Morgan fingerprint density at radius 1 is 1.47 bits per heavy atom. The van der Waals surface area contributed by atoms with Gasteiger partial charge in [0, 0.05) is 39.7 Å². The van der Waals surface area contributed by atoms with Gasteiger partial charge in [0.1, 0.15) is 0 Å². The Labute approximate surface area is 104 Å². The minimum absolute atomic E-state index is 0.196. The van der Waals surface area contributed by atoms with Crippen LogP contribution in [-0.2, 0) is 9.53 Å². The van der Waals surface area contributed by atoms with Gasteiger partial charge in [0.05, 0.1) is 5.60 Å². The van der Waals surface area contributed by atoms with Crippen LogP contribution in [-0.4, -0.2) is 49.7 Å². The summed E-state index contributed by atoms with van der Waals surface area (Å²) in [7, 11) is 3.61. The summed E-state index contributed by atoms with van der Waals surface area (Å²) in [6, 6.07) is 0.541. The van der Waals surface area contributed by atoms with E-state index in [9.17, 15) is 4.79 Å². The first-order chi connectivity index (χ1) is 8.11. The number of ether oxygens (including phenoxy) is 1. The Hall–Kier alpha value is -0.610. The molecule has 1 aliphatic heterocycles. The normalized spacial score (nSPS) is 26.6. The van der Waals surface area contributed by atoms with Gasteiger partial charge in [-0.15, -0.1) is 0 Å². The zero-order chi connectivity index (χ0) is 12.3. The molecule has 0 bridgehead atoms. The molecule has 98 valence electrons. The van der Waals surface area contributed by atoms with Gasteiger partial charge in [-0.05, 0) is 32.1 Å².